The normalized spacial score (nSPS) is 11.9. The predicted octanol–water partition coefficient (Wildman–Crippen LogP) is 3.48. The van der Waals surface area contributed by atoms with Crippen LogP contribution in [0.5, 0.6) is 5.75 Å². The number of carboxylic acids is 1. The summed E-state index contributed by atoms with van der Waals surface area (Å²) >= 11 is 0. The Morgan fingerprint density at radius 2 is 1.97 bits per heavy atom. The first-order chi connectivity index (χ1) is 14.0. The Bertz CT molecular complexity index is 1010. The number of ether oxygens (including phenoxy) is 1. The van der Waals surface area contributed by atoms with Crippen molar-refractivity contribution in [2.24, 2.45) is 5.92 Å². The summed E-state index contributed by atoms with van der Waals surface area (Å²) in [6.07, 6.45) is 3.13. The lowest BCUT2D eigenvalue weighted by atomic mass is 9.98. The van der Waals surface area contributed by atoms with Crippen molar-refractivity contribution in [2.45, 2.75) is 26.2 Å². The quantitative estimate of drug-likeness (QED) is 0.518. The molecule has 1 unspecified atom stereocenters. The van der Waals surface area contributed by atoms with Gasteiger partial charge in [0.2, 0.25) is 5.91 Å². The van der Waals surface area contributed by atoms with E-state index in [4.69, 9.17) is 4.74 Å². The first-order valence-corrected chi connectivity index (χ1v) is 9.66. The molecule has 152 valence electrons. The zero-order valence-corrected chi connectivity index (χ0v) is 16.7. The minimum absolute atomic E-state index is 0.0825. The van der Waals surface area contributed by atoms with Crippen molar-refractivity contribution in [2.75, 3.05) is 13.7 Å². The number of H-pyrrole nitrogens is 1. The fraction of sp³-hybridized carbons (Fsp3) is 0.304. The summed E-state index contributed by atoms with van der Waals surface area (Å²) in [4.78, 5) is 27.2. The van der Waals surface area contributed by atoms with Crippen molar-refractivity contribution in [1.29, 1.82) is 0 Å². The number of aromatic amines is 1. The average Bonchev–Trinajstić information content (AvgIpc) is 3.11. The molecule has 0 saturated carbocycles. The first kappa shape index (κ1) is 20.5. The molecule has 0 aliphatic rings. The number of carboxylic acid groups (broad SMARTS) is 1. The highest BCUT2D eigenvalue weighted by atomic mass is 16.5. The Hall–Kier alpha value is -3.28. The van der Waals surface area contributed by atoms with E-state index in [9.17, 15) is 14.7 Å². The van der Waals surface area contributed by atoms with Gasteiger partial charge in [0.05, 0.1) is 13.0 Å². The molecule has 29 heavy (non-hydrogen) atoms. The molecule has 0 bridgehead atoms. The summed E-state index contributed by atoms with van der Waals surface area (Å²) < 4.78 is 5.29. The van der Waals surface area contributed by atoms with Gasteiger partial charge < -0.3 is 20.1 Å². The van der Waals surface area contributed by atoms with Crippen molar-refractivity contribution < 1.29 is 19.4 Å². The molecule has 1 amide bonds. The van der Waals surface area contributed by atoms with Crippen LogP contribution in [-0.2, 0) is 22.4 Å². The average molecular weight is 394 g/mol. The number of aliphatic carboxylic acids is 1. The lowest BCUT2D eigenvalue weighted by Gasteiger charge is -2.15. The molecule has 0 radical (unpaired) electrons. The molecule has 0 aliphatic carbocycles. The number of carbonyl (C=O) groups is 2. The Morgan fingerprint density at radius 3 is 2.72 bits per heavy atom. The maximum atomic E-state index is 12.3. The van der Waals surface area contributed by atoms with Gasteiger partial charge in [0.25, 0.3) is 0 Å². The summed E-state index contributed by atoms with van der Waals surface area (Å²) in [5.74, 6) is -1.16. The lowest BCUT2D eigenvalue weighted by Crippen LogP contribution is -2.34. The topological polar surface area (TPSA) is 91.4 Å². The smallest absolute Gasteiger partial charge is 0.308 e. The number of carbonyl (C=O) groups excluding carboxylic acids is 1. The van der Waals surface area contributed by atoms with Crippen LogP contribution in [0, 0.1) is 12.8 Å². The summed E-state index contributed by atoms with van der Waals surface area (Å²) in [6, 6.07) is 13.5. The van der Waals surface area contributed by atoms with E-state index in [1.165, 1.54) is 5.56 Å². The van der Waals surface area contributed by atoms with Crippen LogP contribution in [0.2, 0.25) is 0 Å². The van der Waals surface area contributed by atoms with Gasteiger partial charge in [-0.2, -0.15) is 0 Å². The summed E-state index contributed by atoms with van der Waals surface area (Å²) in [5, 5.41) is 13.4. The van der Waals surface area contributed by atoms with Crippen LogP contribution < -0.4 is 10.1 Å². The zero-order chi connectivity index (χ0) is 20.8. The predicted molar refractivity (Wildman–Crippen MR) is 112 cm³/mol. The Balaban J connectivity index is 1.56. The van der Waals surface area contributed by atoms with E-state index in [-0.39, 0.29) is 12.5 Å². The number of para-hydroxylation sites is 1. The molecular formula is C23H26N2O4. The number of hydrogen-bond acceptors (Lipinski definition) is 3. The Kier molecular flexibility index (Phi) is 6.54. The Morgan fingerprint density at radius 1 is 1.17 bits per heavy atom. The molecule has 6 heteroatoms. The van der Waals surface area contributed by atoms with Crippen LogP contribution in [0.25, 0.3) is 10.9 Å². The highest BCUT2D eigenvalue weighted by molar-refractivity contribution is 5.85. The fourth-order valence-electron chi connectivity index (χ4n) is 3.46. The third kappa shape index (κ3) is 5.16. The van der Waals surface area contributed by atoms with Gasteiger partial charge in [0.15, 0.2) is 0 Å². The number of fused-ring (bicyclic) bond motifs is 1. The third-order valence-corrected chi connectivity index (χ3v) is 5.10. The van der Waals surface area contributed by atoms with Crippen molar-refractivity contribution in [1.82, 2.24) is 10.3 Å². The molecule has 2 aromatic carbocycles. The maximum Gasteiger partial charge on any atom is 0.308 e. The molecule has 1 atom stereocenters. The molecule has 3 rings (SSSR count). The van der Waals surface area contributed by atoms with E-state index in [2.05, 4.69) is 16.4 Å². The second-order valence-electron chi connectivity index (χ2n) is 7.22. The van der Waals surface area contributed by atoms with Gasteiger partial charge in [-0.25, -0.2) is 0 Å². The molecule has 0 saturated heterocycles. The number of amides is 1. The molecule has 0 aliphatic heterocycles. The molecule has 1 aromatic heterocycles. The summed E-state index contributed by atoms with van der Waals surface area (Å²) in [6.45, 7) is 2.12. The number of nitrogens with one attached hydrogen (secondary N) is 2. The van der Waals surface area contributed by atoms with Gasteiger partial charge in [-0.1, -0.05) is 29.8 Å². The number of aryl methyl sites for hydroxylation is 2. The van der Waals surface area contributed by atoms with Crippen LogP contribution in [0.4, 0.5) is 0 Å². The molecule has 3 aromatic rings. The van der Waals surface area contributed by atoms with Gasteiger partial charge in [0.1, 0.15) is 5.75 Å². The standard InChI is InChI=1S/C23H26N2O4/c1-15-7-9-20-19(11-15)17(13-24-20)8-10-22(26)25-14-18(23(27)28)12-16-5-3-4-6-21(16)29-2/h3-7,9,11,13,18,24H,8,10,12,14H2,1-2H3,(H,25,26)(H,27,28). The number of rotatable bonds is 9. The van der Waals surface area contributed by atoms with E-state index < -0.39 is 11.9 Å². The summed E-state index contributed by atoms with van der Waals surface area (Å²) in [5.41, 5.74) is 4.12. The summed E-state index contributed by atoms with van der Waals surface area (Å²) in [7, 11) is 1.56. The highest BCUT2D eigenvalue weighted by Gasteiger charge is 2.20. The van der Waals surface area contributed by atoms with Crippen molar-refractivity contribution in [3.05, 3.63) is 65.4 Å². The monoisotopic (exact) mass is 394 g/mol. The highest BCUT2D eigenvalue weighted by Crippen LogP contribution is 2.22. The number of methoxy groups -OCH3 is 1. The third-order valence-electron chi connectivity index (χ3n) is 5.10. The number of hydrogen-bond donors (Lipinski definition) is 3. The van der Waals surface area contributed by atoms with Gasteiger partial charge in [0, 0.05) is 30.1 Å². The first-order valence-electron chi connectivity index (χ1n) is 9.66. The van der Waals surface area contributed by atoms with Crippen LogP contribution >= 0.6 is 0 Å². The second-order valence-corrected chi connectivity index (χ2v) is 7.22. The van der Waals surface area contributed by atoms with Crippen LogP contribution in [0.1, 0.15) is 23.1 Å². The largest absolute Gasteiger partial charge is 0.496 e. The molecule has 1 heterocycles. The number of aromatic nitrogens is 1. The van der Waals surface area contributed by atoms with E-state index >= 15 is 0 Å². The molecule has 3 N–H and O–H groups in total. The molecule has 6 nitrogen and oxygen atoms in total. The van der Waals surface area contributed by atoms with Crippen LogP contribution in [-0.4, -0.2) is 35.6 Å². The number of benzene rings is 2. The van der Waals surface area contributed by atoms with Gasteiger partial charge in [-0.05, 0) is 49.1 Å². The SMILES string of the molecule is COc1ccccc1CC(CNC(=O)CCc1c[nH]c2ccc(C)cc12)C(=O)O. The van der Waals surface area contributed by atoms with E-state index in [1.807, 2.05) is 43.5 Å². The van der Waals surface area contributed by atoms with Crippen molar-refractivity contribution in [3.63, 3.8) is 0 Å². The van der Waals surface area contributed by atoms with E-state index in [1.54, 1.807) is 13.2 Å². The molecule has 0 fully saturated rings. The molecular weight excluding hydrogens is 368 g/mol. The van der Waals surface area contributed by atoms with E-state index in [0.717, 1.165) is 22.0 Å². The zero-order valence-electron chi connectivity index (χ0n) is 16.7. The Labute approximate surface area is 169 Å². The van der Waals surface area contributed by atoms with Crippen molar-refractivity contribution >= 4 is 22.8 Å². The van der Waals surface area contributed by atoms with Gasteiger partial charge in [-0.15, -0.1) is 0 Å². The maximum absolute atomic E-state index is 12.3. The van der Waals surface area contributed by atoms with Crippen molar-refractivity contribution in [3.8, 4) is 5.75 Å². The molecule has 0 spiro atoms. The van der Waals surface area contributed by atoms with E-state index in [0.29, 0.717) is 25.0 Å². The van der Waals surface area contributed by atoms with Crippen LogP contribution in [0.3, 0.4) is 0 Å². The second kappa shape index (κ2) is 9.28. The van der Waals surface area contributed by atoms with Gasteiger partial charge >= 0.3 is 5.97 Å². The van der Waals surface area contributed by atoms with Gasteiger partial charge in [-0.3, -0.25) is 9.59 Å². The minimum atomic E-state index is -0.941. The fourth-order valence-corrected chi connectivity index (χ4v) is 3.46. The minimum Gasteiger partial charge on any atom is -0.496 e. The van der Waals surface area contributed by atoms with Crippen LogP contribution in [0.15, 0.2) is 48.7 Å². The lowest BCUT2D eigenvalue weighted by molar-refractivity contribution is -0.141.